The van der Waals surface area contributed by atoms with E-state index in [4.69, 9.17) is 4.74 Å². The molecule has 148 valence electrons. The normalized spacial score (nSPS) is 11.8. The van der Waals surface area contributed by atoms with Gasteiger partial charge in [-0.05, 0) is 26.2 Å². The highest BCUT2D eigenvalue weighted by molar-refractivity contribution is 4.91. The smallest absolute Gasteiger partial charge is 0.110 e. The van der Waals surface area contributed by atoms with E-state index in [9.17, 15) is 0 Å². The van der Waals surface area contributed by atoms with E-state index < -0.39 is 0 Å². The van der Waals surface area contributed by atoms with Gasteiger partial charge in [-0.2, -0.15) is 0 Å². The third-order valence-corrected chi connectivity index (χ3v) is 4.95. The number of hydrogen-bond donors (Lipinski definition) is 0. The van der Waals surface area contributed by atoms with Crippen LogP contribution in [0.2, 0.25) is 0 Å². The van der Waals surface area contributed by atoms with Crippen molar-refractivity contribution in [2.75, 3.05) is 0 Å². The van der Waals surface area contributed by atoms with Gasteiger partial charge in [0.05, 0.1) is 0 Å². The minimum absolute atomic E-state index is 0.298. The maximum Gasteiger partial charge on any atom is 0.110 e. The predicted octanol–water partition coefficient (Wildman–Crippen LogP) is 8.41. The van der Waals surface area contributed by atoms with Gasteiger partial charge in [0.25, 0.3) is 0 Å². The molecule has 0 saturated heterocycles. The summed E-state index contributed by atoms with van der Waals surface area (Å²) in [5.41, 5.74) is 0. The van der Waals surface area contributed by atoms with Crippen molar-refractivity contribution >= 4 is 0 Å². The van der Waals surface area contributed by atoms with E-state index in [-0.39, 0.29) is 0 Å². The zero-order chi connectivity index (χ0) is 18.4. The maximum atomic E-state index is 5.60. The summed E-state index contributed by atoms with van der Waals surface area (Å²) in [5.74, 6) is 3.19. The summed E-state index contributed by atoms with van der Waals surface area (Å²) in [6.45, 7) is 6.70. The molecule has 1 unspecified atom stereocenters. The third-order valence-electron chi connectivity index (χ3n) is 4.95. The number of unbranched alkanes of at least 4 members (excludes halogenated alkanes) is 15. The van der Waals surface area contributed by atoms with Crippen LogP contribution in [0, 0.1) is 12.0 Å². The Labute approximate surface area is 159 Å². The van der Waals surface area contributed by atoms with Crippen molar-refractivity contribution in [1.29, 1.82) is 0 Å². The van der Waals surface area contributed by atoms with Crippen molar-refractivity contribution in [3.05, 3.63) is 0 Å². The van der Waals surface area contributed by atoms with Gasteiger partial charge in [-0.15, -0.1) is 0 Å². The molecule has 0 aliphatic heterocycles. The Hall–Kier alpha value is -0.640. The van der Waals surface area contributed by atoms with Crippen LogP contribution in [0.15, 0.2) is 0 Å². The number of rotatable bonds is 18. The quantitative estimate of drug-likeness (QED) is 0.178. The largest absolute Gasteiger partial charge is 0.444 e. The average Bonchev–Trinajstić information content (AvgIpc) is 2.62. The number of ether oxygens (including phenoxy) is 1. The van der Waals surface area contributed by atoms with Crippen LogP contribution in [0.3, 0.4) is 0 Å². The van der Waals surface area contributed by atoms with Crippen molar-refractivity contribution < 1.29 is 4.74 Å². The molecule has 0 bridgehead atoms. The first-order valence-electron chi connectivity index (χ1n) is 11.4. The predicted molar refractivity (Wildman–Crippen MR) is 113 cm³/mol. The molecule has 0 radical (unpaired) electrons. The molecule has 0 saturated carbocycles. The molecule has 0 aromatic rings. The molecule has 0 aliphatic rings. The van der Waals surface area contributed by atoms with Gasteiger partial charge in [-0.3, -0.25) is 0 Å². The Morgan fingerprint density at radius 2 is 1.04 bits per heavy atom. The first-order valence-corrected chi connectivity index (χ1v) is 11.4. The topological polar surface area (TPSA) is 9.23 Å². The molecule has 1 atom stereocenters. The van der Waals surface area contributed by atoms with E-state index >= 15 is 0 Å². The van der Waals surface area contributed by atoms with Gasteiger partial charge in [0.2, 0.25) is 0 Å². The summed E-state index contributed by atoms with van der Waals surface area (Å²) in [6, 6.07) is 0. The zero-order valence-electron chi connectivity index (χ0n) is 17.7. The second-order valence-corrected chi connectivity index (χ2v) is 7.70. The third kappa shape index (κ3) is 21.3. The van der Waals surface area contributed by atoms with Crippen LogP contribution >= 0.6 is 0 Å². The summed E-state index contributed by atoms with van der Waals surface area (Å²) in [5, 5.41) is 0. The lowest BCUT2D eigenvalue weighted by Crippen LogP contribution is -2.03. The first kappa shape index (κ1) is 24.4. The molecule has 25 heavy (non-hydrogen) atoms. The van der Waals surface area contributed by atoms with Gasteiger partial charge >= 0.3 is 0 Å². The van der Waals surface area contributed by atoms with Crippen LogP contribution < -0.4 is 0 Å². The average molecular weight is 351 g/mol. The first-order chi connectivity index (χ1) is 12.3. The van der Waals surface area contributed by atoms with E-state index in [1.54, 1.807) is 0 Å². The van der Waals surface area contributed by atoms with Crippen LogP contribution in [0.1, 0.15) is 136 Å². The highest BCUT2D eigenvalue weighted by atomic mass is 16.5. The highest BCUT2D eigenvalue weighted by Gasteiger charge is 2.00. The minimum atomic E-state index is 0.298. The Morgan fingerprint density at radius 3 is 1.56 bits per heavy atom. The summed E-state index contributed by atoms with van der Waals surface area (Å²) < 4.78 is 5.60. The van der Waals surface area contributed by atoms with E-state index in [0.29, 0.717) is 6.10 Å². The number of hydrogen-bond acceptors (Lipinski definition) is 1. The van der Waals surface area contributed by atoms with Crippen molar-refractivity contribution in [2.45, 2.75) is 142 Å². The molecule has 0 aromatic heterocycles. The molecule has 0 spiro atoms. The van der Waals surface area contributed by atoms with E-state index in [1.807, 2.05) is 0 Å². The molecular weight excluding hydrogens is 304 g/mol. The van der Waals surface area contributed by atoms with Gasteiger partial charge in [0, 0.05) is 6.42 Å². The van der Waals surface area contributed by atoms with Gasteiger partial charge in [-0.1, -0.05) is 110 Å². The molecule has 1 heteroatoms. The summed E-state index contributed by atoms with van der Waals surface area (Å²) >= 11 is 0. The molecule has 0 heterocycles. The Kier molecular flexibility index (Phi) is 20.9. The lowest BCUT2D eigenvalue weighted by atomic mass is 10.1. The van der Waals surface area contributed by atoms with Gasteiger partial charge in [-0.25, -0.2) is 0 Å². The van der Waals surface area contributed by atoms with Crippen molar-refractivity contribution in [2.24, 2.45) is 0 Å². The fourth-order valence-corrected chi connectivity index (χ4v) is 3.17. The Balaban J connectivity index is 3.25. The van der Waals surface area contributed by atoms with Crippen LogP contribution in [0.25, 0.3) is 0 Å². The zero-order valence-corrected chi connectivity index (χ0v) is 17.7. The molecule has 0 aromatic carbocycles. The molecule has 0 N–H and O–H groups in total. The summed E-state index contributed by atoms with van der Waals surface area (Å²) in [6.07, 6.45) is 27.3. The fourth-order valence-electron chi connectivity index (χ4n) is 3.17. The standard InChI is InChI=1S/C24H46O/c1-4-6-8-10-12-13-14-15-16-17-19-21-23-25-24(3)22-20-18-11-9-7-5-2/h24H,4-20,22H2,1-3H3. The molecule has 0 fully saturated rings. The van der Waals surface area contributed by atoms with Crippen molar-refractivity contribution in [1.82, 2.24) is 0 Å². The van der Waals surface area contributed by atoms with E-state index in [1.165, 1.54) is 103 Å². The second kappa shape index (κ2) is 21.4. The van der Waals surface area contributed by atoms with Gasteiger partial charge in [0.1, 0.15) is 12.2 Å². The second-order valence-electron chi connectivity index (χ2n) is 7.70. The van der Waals surface area contributed by atoms with Crippen LogP contribution in [0.4, 0.5) is 0 Å². The molecule has 1 nitrogen and oxygen atoms in total. The van der Waals surface area contributed by atoms with Crippen molar-refractivity contribution in [3.8, 4) is 12.0 Å². The van der Waals surface area contributed by atoms with Crippen LogP contribution in [0.5, 0.6) is 0 Å². The highest BCUT2D eigenvalue weighted by Crippen LogP contribution is 2.11. The molecular formula is C24H46O. The lowest BCUT2D eigenvalue weighted by molar-refractivity contribution is 0.171. The van der Waals surface area contributed by atoms with E-state index in [2.05, 4.69) is 32.8 Å². The lowest BCUT2D eigenvalue weighted by Gasteiger charge is -2.08. The van der Waals surface area contributed by atoms with Gasteiger partial charge < -0.3 is 4.74 Å². The monoisotopic (exact) mass is 350 g/mol. The Morgan fingerprint density at radius 1 is 0.600 bits per heavy atom. The van der Waals surface area contributed by atoms with E-state index in [0.717, 1.165) is 12.8 Å². The van der Waals surface area contributed by atoms with Crippen LogP contribution in [-0.4, -0.2) is 6.10 Å². The maximum absolute atomic E-state index is 5.60. The summed E-state index contributed by atoms with van der Waals surface area (Å²) in [7, 11) is 0. The summed E-state index contributed by atoms with van der Waals surface area (Å²) in [4.78, 5) is 0. The SMILES string of the molecule is CCCCCCCCCCCCC#COC(C)CCCCCCCC. The molecule has 0 amide bonds. The molecule has 0 rings (SSSR count). The van der Waals surface area contributed by atoms with Crippen molar-refractivity contribution in [3.63, 3.8) is 0 Å². The minimum Gasteiger partial charge on any atom is -0.444 e. The van der Waals surface area contributed by atoms with Crippen LogP contribution in [-0.2, 0) is 4.74 Å². The van der Waals surface area contributed by atoms with Gasteiger partial charge in [0.15, 0.2) is 0 Å². The Bertz CT molecular complexity index is 299. The fraction of sp³-hybridized carbons (Fsp3) is 0.917. The molecule has 0 aliphatic carbocycles.